The minimum absolute atomic E-state index is 0.00543. The molecular weight excluding hydrogens is 320 g/mol. The second-order valence-corrected chi connectivity index (χ2v) is 7.19. The van der Waals surface area contributed by atoms with E-state index in [0.717, 1.165) is 28.6 Å². The molecule has 2 aliphatic rings. The van der Waals surface area contributed by atoms with Gasteiger partial charge in [0.25, 0.3) is 0 Å². The van der Waals surface area contributed by atoms with Crippen molar-refractivity contribution >= 4 is 22.6 Å². The molecule has 0 unspecified atom stereocenters. The zero-order chi connectivity index (χ0) is 17.6. The molecule has 4 rings (SSSR count). The normalized spacial score (nSPS) is 29.5. The van der Waals surface area contributed by atoms with Gasteiger partial charge in [-0.05, 0) is 38.5 Å². The molecule has 25 heavy (non-hydrogen) atoms. The average molecular weight is 344 g/mol. The molecule has 0 radical (unpaired) electrons. The highest BCUT2D eigenvalue weighted by molar-refractivity contribution is 5.93. The summed E-state index contributed by atoms with van der Waals surface area (Å²) in [6, 6.07) is 3.78. The number of hydrogen-bond donors (Lipinski definition) is 2. The van der Waals surface area contributed by atoms with E-state index in [9.17, 15) is 4.79 Å². The average Bonchev–Trinajstić information content (AvgIpc) is 3.15. The smallest absolute Gasteiger partial charge is 0.322 e. The first-order chi connectivity index (χ1) is 12.0. The fourth-order valence-corrected chi connectivity index (χ4v) is 3.96. The highest BCUT2D eigenvalue weighted by atomic mass is 16.6. The van der Waals surface area contributed by atoms with E-state index >= 15 is 0 Å². The quantitative estimate of drug-likeness (QED) is 0.833. The van der Waals surface area contributed by atoms with Crippen molar-refractivity contribution in [2.75, 3.05) is 25.0 Å². The summed E-state index contributed by atoms with van der Waals surface area (Å²) in [7, 11) is 0. The van der Waals surface area contributed by atoms with Gasteiger partial charge in [0.15, 0.2) is 0 Å². The molecule has 134 valence electrons. The Bertz CT molecular complexity index is 805. The summed E-state index contributed by atoms with van der Waals surface area (Å²) in [4.78, 5) is 14.7. The molecule has 1 aromatic carbocycles. The largest absolute Gasteiger partial charge is 0.375 e. The lowest BCUT2D eigenvalue weighted by atomic mass is 9.93. The van der Waals surface area contributed by atoms with Gasteiger partial charge >= 0.3 is 6.03 Å². The first kappa shape index (κ1) is 16.4. The van der Waals surface area contributed by atoms with Crippen molar-refractivity contribution in [3.05, 3.63) is 23.9 Å². The molecule has 2 amide bonds. The number of aromatic nitrogens is 2. The Morgan fingerprint density at radius 2 is 2.28 bits per heavy atom. The number of aryl methyl sites for hydroxylation is 1. The van der Waals surface area contributed by atoms with Gasteiger partial charge in [-0.3, -0.25) is 5.10 Å². The van der Waals surface area contributed by atoms with Crippen molar-refractivity contribution in [2.24, 2.45) is 0 Å². The number of carbonyl (C=O) groups is 1. The maximum atomic E-state index is 12.8. The van der Waals surface area contributed by atoms with E-state index < -0.39 is 5.60 Å². The van der Waals surface area contributed by atoms with Gasteiger partial charge < -0.3 is 19.7 Å². The number of H-pyrrole nitrogens is 1. The third-order valence-corrected chi connectivity index (χ3v) is 5.31. The van der Waals surface area contributed by atoms with Crippen LogP contribution in [0.1, 0.15) is 25.8 Å². The predicted octanol–water partition coefficient (Wildman–Crippen LogP) is 2.67. The van der Waals surface area contributed by atoms with Gasteiger partial charge in [0.1, 0.15) is 5.60 Å². The van der Waals surface area contributed by atoms with E-state index in [1.165, 1.54) is 0 Å². The molecule has 1 aromatic heterocycles. The van der Waals surface area contributed by atoms with Gasteiger partial charge in [-0.25, -0.2) is 4.79 Å². The van der Waals surface area contributed by atoms with Crippen LogP contribution in [0.25, 0.3) is 10.9 Å². The summed E-state index contributed by atoms with van der Waals surface area (Å²) in [6.45, 7) is 7.85. The van der Waals surface area contributed by atoms with Crippen LogP contribution in [-0.2, 0) is 9.47 Å². The number of carbonyl (C=O) groups excluding carboxylic acids is 1. The van der Waals surface area contributed by atoms with Gasteiger partial charge in [0.05, 0.1) is 30.5 Å². The van der Waals surface area contributed by atoms with Gasteiger partial charge in [-0.15, -0.1) is 0 Å². The molecule has 0 saturated carbocycles. The van der Waals surface area contributed by atoms with Crippen molar-refractivity contribution in [2.45, 2.75) is 45.0 Å². The van der Waals surface area contributed by atoms with Crippen molar-refractivity contribution in [1.29, 1.82) is 0 Å². The zero-order valence-electron chi connectivity index (χ0n) is 14.8. The monoisotopic (exact) mass is 344 g/mol. The van der Waals surface area contributed by atoms with Crippen molar-refractivity contribution < 1.29 is 14.3 Å². The highest BCUT2D eigenvalue weighted by Gasteiger charge is 2.48. The van der Waals surface area contributed by atoms with Gasteiger partial charge in [0.2, 0.25) is 0 Å². The molecule has 2 saturated heterocycles. The Morgan fingerprint density at radius 3 is 3.04 bits per heavy atom. The predicted molar refractivity (Wildman–Crippen MR) is 94.7 cm³/mol. The number of ether oxygens (including phenoxy) is 2. The summed E-state index contributed by atoms with van der Waals surface area (Å²) >= 11 is 0. The van der Waals surface area contributed by atoms with E-state index in [0.29, 0.717) is 19.7 Å². The number of urea groups is 1. The second-order valence-electron chi connectivity index (χ2n) is 7.19. The van der Waals surface area contributed by atoms with Crippen LogP contribution in [-0.4, -0.2) is 58.6 Å². The van der Waals surface area contributed by atoms with Crippen molar-refractivity contribution in [3.8, 4) is 0 Å². The molecule has 1 spiro atoms. The van der Waals surface area contributed by atoms with E-state index in [2.05, 4.69) is 15.5 Å². The minimum Gasteiger partial charge on any atom is -0.375 e. The Morgan fingerprint density at radius 1 is 1.44 bits per heavy atom. The van der Waals surface area contributed by atoms with Crippen LogP contribution in [0.4, 0.5) is 10.5 Å². The van der Waals surface area contributed by atoms with Gasteiger partial charge in [-0.1, -0.05) is 0 Å². The van der Waals surface area contributed by atoms with E-state index in [1.807, 2.05) is 37.8 Å². The summed E-state index contributed by atoms with van der Waals surface area (Å²) in [5, 5.41) is 11.1. The van der Waals surface area contributed by atoms with Crippen LogP contribution in [0.5, 0.6) is 0 Å². The Balaban J connectivity index is 1.53. The number of amides is 2. The third-order valence-electron chi connectivity index (χ3n) is 5.31. The van der Waals surface area contributed by atoms with E-state index in [-0.39, 0.29) is 18.2 Å². The molecule has 2 N–H and O–H groups in total. The minimum atomic E-state index is -0.391. The fraction of sp³-hybridized carbons (Fsp3) is 0.556. The Hall–Kier alpha value is -2.12. The van der Waals surface area contributed by atoms with Crippen molar-refractivity contribution in [1.82, 2.24) is 15.1 Å². The first-order valence-corrected chi connectivity index (χ1v) is 8.76. The molecule has 3 atom stereocenters. The molecule has 2 aromatic rings. The number of nitrogens with one attached hydrogen (secondary N) is 2. The van der Waals surface area contributed by atoms with Crippen molar-refractivity contribution in [3.63, 3.8) is 0 Å². The van der Waals surface area contributed by atoms with Crippen LogP contribution >= 0.6 is 0 Å². The molecular formula is C18H24N4O3. The summed E-state index contributed by atoms with van der Waals surface area (Å²) < 4.78 is 11.9. The molecule has 0 aliphatic carbocycles. The lowest BCUT2D eigenvalue weighted by molar-refractivity contribution is -0.159. The van der Waals surface area contributed by atoms with Crippen LogP contribution in [0.15, 0.2) is 18.3 Å². The number of rotatable bonds is 1. The van der Waals surface area contributed by atoms with Gasteiger partial charge in [0, 0.05) is 30.6 Å². The molecule has 7 heteroatoms. The molecule has 2 fully saturated rings. The lowest BCUT2D eigenvalue weighted by Gasteiger charge is -2.44. The van der Waals surface area contributed by atoms with E-state index in [1.54, 1.807) is 6.20 Å². The number of benzene rings is 1. The number of hydrogen-bond acceptors (Lipinski definition) is 4. The number of aromatic amines is 1. The topological polar surface area (TPSA) is 79.5 Å². The number of fused-ring (bicyclic) bond motifs is 1. The summed E-state index contributed by atoms with van der Waals surface area (Å²) in [6.07, 6.45) is 2.60. The molecule has 0 bridgehead atoms. The maximum absolute atomic E-state index is 12.8. The van der Waals surface area contributed by atoms with Crippen LogP contribution in [0.2, 0.25) is 0 Å². The first-order valence-electron chi connectivity index (χ1n) is 8.76. The summed E-state index contributed by atoms with van der Waals surface area (Å²) in [5.74, 6) is 0. The third kappa shape index (κ3) is 2.87. The zero-order valence-corrected chi connectivity index (χ0v) is 14.8. The number of morpholine rings is 1. The Labute approximate surface area is 146 Å². The second kappa shape index (κ2) is 6.00. The number of anilines is 1. The lowest BCUT2D eigenvalue weighted by Crippen LogP contribution is -2.60. The fourth-order valence-electron chi connectivity index (χ4n) is 3.96. The van der Waals surface area contributed by atoms with Crippen LogP contribution < -0.4 is 5.32 Å². The SMILES string of the molecule is Cc1cc(NC(=O)N2C[C@H](C)O[C@@]3(CCO[C@@H]3C)C2)cc2[nH]ncc12. The van der Waals surface area contributed by atoms with Crippen LogP contribution in [0.3, 0.4) is 0 Å². The highest BCUT2D eigenvalue weighted by Crippen LogP contribution is 2.35. The number of nitrogens with zero attached hydrogens (tertiary/aromatic N) is 2. The Kier molecular flexibility index (Phi) is 3.92. The standard InChI is InChI=1S/C18H24N4O3/c1-11-6-14(7-16-15(11)8-19-21-16)20-17(23)22-9-12(2)25-18(10-22)4-5-24-13(18)3/h6-8,12-13H,4-5,9-10H2,1-3H3,(H,19,21)(H,20,23)/t12-,13+,18-/m0/s1. The van der Waals surface area contributed by atoms with Gasteiger partial charge in [-0.2, -0.15) is 5.10 Å². The maximum Gasteiger partial charge on any atom is 0.322 e. The molecule has 2 aliphatic heterocycles. The molecule has 3 heterocycles. The van der Waals surface area contributed by atoms with Crippen LogP contribution in [0, 0.1) is 6.92 Å². The molecule has 7 nitrogen and oxygen atoms in total. The van der Waals surface area contributed by atoms with E-state index in [4.69, 9.17) is 9.47 Å². The summed E-state index contributed by atoms with van der Waals surface area (Å²) in [5.41, 5.74) is 2.37.